The van der Waals surface area contributed by atoms with Crippen molar-refractivity contribution in [3.63, 3.8) is 0 Å². The maximum atomic E-state index is 11.2. The zero-order valence-corrected chi connectivity index (χ0v) is 9.01. The molecule has 0 bridgehead atoms. The molecule has 0 aliphatic rings. The minimum Gasteiger partial charge on any atom is -0.328 e. The van der Waals surface area contributed by atoms with Crippen LogP contribution in [0.3, 0.4) is 0 Å². The van der Waals surface area contributed by atoms with Gasteiger partial charge < -0.3 is 4.90 Å². The van der Waals surface area contributed by atoms with Crippen molar-refractivity contribution in [1.82, 2.24) is 10.2 Å². The first kappa shape index (κ1) is 13.0. The van der Waals surface area contributed by atoms with Crippen LogP contribution in [-0.2, 0) is 4.79 Å². The molecule has 80 valence electrons. The first-order valence-electron chi connectivity index (χ1n) is 4.33. The van der Waals surface area contributed by atoms with Gasteiger partial charge in [-0.15, -0.1) is 18.2 Å². The topological polar surface area (TPSA) is 49.4 Å². The van der Waals surface area contributed by atoms with Crippen molar-refractivity contribution in [1.29, 1.82) is 0 Å². The van der Waals surface area contributed by atoms with Gasteiger partial charge in [-0.3, -0.25) is 10.1 Å². The third kappa shape index (κ3) is 5.59. The first-order chi connectivity index (χ1) is 6.61. The van der Waals surface area contributed by atoms with Gasteiger partial charge in [-0.05, 0) is 12.8 Å². The summed E-state index contributed by atoms with van der Waals surface area (Å²) in [4.78, 5) is 23.4. The third-order valence-corrected chi connectivity index (χ3v) is 1.86. The van der Waals surface area contributed by atoms with Crippen molar-refractivity contribution in [2.75, 3.05) is 19.5 Å². The maximum absolute atomic E-state index is 11.2. The van der Waals surface area contributed by atoms with Crippen molar-refractivity contribution in [3.8, 4) is 0 Å². The number of hydrogen-bond acceptors (Lipinski definition) is 2. The van der Waals surface area contributed by atoms with Crippen molar-refractivity contribution in [2.24, 2.45) is 0 Å². The van der Waals surface area contributed by atoms with E-state index < -0.39 is 11.9 Å². The summed E-state index contributed by atoms with van der Waals surface area (Å²) in [6, 6.07) is -0.417. The summed E-state index contributed by atoms with van der Waals surface area (Å²) in [5.41, 5.74) is 0. The molecule has 14 heavy (non-hydrogen) atoms. The zero-order valence-electron chi connectivity index (χ0n) is 8.25. The van der Waals surface area contributed by atoms with E-state index in [4.69, 9.17) is 11.6 Å². The highest BCUT2D eigenvalue weighted by Gasteiger charge is 2.10. The molecule has 0 rings (SSSR count). The van der Waals surface area contributed by atoms with Crippen LogP contribution in [0.15, 0.2) is 12.7 Å². The number of nitrogens with zero attached hydrogens (tertiary/aromatic N) is 1. The lowest BCUT2D eigenvalue weighted by Gasteiger charge is -2.16. The van der Waals surface area contributed by atoms with E-state index in [0.717, 1.165) is 12.8 Å². The Balaban J connectivity index is 3.75. The van der Waals surface area contributed by atoms with Gasteiger partial charge in [-0.2, -0.15) is 0 Å². The molecule has 4 nitrogen and oxygen atoms in total. The number of halogens is 1. The predicted octanol–water partition coefficient (Wildman–Crippen LogP) is 1.36. The number of imide groups is 1. The Labute approximate surface area is 88.9 Å². The van der Waals surface area contributed by atoms with E-state index in [1.165, 1.54) is 4.90 Å². The fraction of sp³-hybridized carbons (Fsp3) is 0.556. The van der Waals surface area contributed by atoms with Crippen LogP contribution in [0.2, 0.25) is 0 Å². The van der Waals surface area contributed by atoms with E-state index in [1.54, 1.807) is 13.1 Å². The Bertz CT molecular complexity index is 219. The highest BCUT2D eigenvalue weighted by atomic mass is 35.5. The summed E-state index contributed by atoms with van der Waals surface area (Å²) in [7, 11) is 1.62. The number of hydrogen-bond donors (Lipinski definition) is 1. The Morgan fingerprint density at radius 1 is 1.57 bits per heavy atom. The third-order valence-electron chi connectivity index (χ3n) is 1.62. The van der Waals surface area contributed by atoms with E-state index in [0.29, 0.717) is 6.54 Å². The van der Waals surface area contributed by atoms with Crippen molar-refractivity contribution < 1.29 is 9.59 Å². The van der Waals surface area contributed by atoms with Gasteiger partial charge in [-0.1, -0.05) is 6.08 Å². The normalized spacial score (nSPS) is 9.29. The molecule has 0 aromatic rings. The molecule has 0 radical (unpaired) electrons. The monoisotopic (exact) mass is 218 g/mol. The van der Waals surface area contributed by atoms with E-state index in [1.807, 2.05) is 0 Å². The van der Waals surface area contributed by atoms with Crippen molar-refractivity contribution in [2.45, 2.75) is 12.8 Å². The lowest BCUT2D eigenvalue weighted by atomic mass is 10.3. The lowest BCUT2D eigenvalue weighted by Crippen LogP contribution is -2.41. The number of carbonyl (C=O) groups is 2. The summed E-state index contributed by atoms with van der Waals surface area (Å²) in [6.07, 6.45) is 3.47. The standard InChI is InChI=1S/C9H15ClN2O2/c1-3-4-5-6-12(2)9(14)11-8(13)7-10/h3H,1,4-7H2,2H3,(H,11,13,14). The second-order valence-corrected chi connectivity index (χ2v) is 3.11. The van der Waals surface area contributed by atoms with E-state index in [9.17, 15) is 9.59 Å². The van der Waals surface area contributed by atoms with Gasteiger partial charge in [0.05, 0.1) is 0 Å². The number of unbranched alkanes of at least 4 members (excludes halogenated alkanes) is 1. The second kappa shape index (κ2) is 7.38. The number of alkyl halides is 1. The van der Waals surface area contributed by atoms with Gasteiger partial charge in [0.2, 0.25) is 5.91 Å². The fourth-order valence-corrected chi connectivity index (χ4v) is 0.889. The van der Waals surface area contributed by atoms with Crippen LogP contribution >= 0.6 is 11.6 Å². The lowest BCUT2D eigenvalue weighted by molar-refractivity contribution is -0.117. The van der Waals surface area contributed by atoms with Crippen molar-refractivity contribution in [3.05, 3.63) is 12.7 Å². The van der Waals surface area contributed by atoms with Crippen LogP contribution in [0.1, 0.15) is 12.8 Å². The Morgan fingerprint density at radius 2 is 2.21 bits per heavy atom. The van der Waals surface area contributed by atoms with Crippen LogP contribution in [0, 0.1) is 0 Å². The van der Waals surface area contributed by atoms with E-state index in [2.05, 4.69) is 11.9 Å². The molecule has 0 aromatic carbocycles. The summed E-state index contributed by atoms with van der Waals surface area (Å²) in [5.74, 6) is -0.682. The summed E-state index contributed by atoms with van der Waals surface area (Å²) in [6.45, 7) is 4.16. The molecule has 0 aliphatic carbocycles. The van der Waals surface area contributed by atoms with E-state index in [-0.39, 0.29) is 5.88 Å². The molecule has 1 N–H and O–H groups in total. The smallest absolute Gasteiger partial charge is 0.323 e. The number of urea groups is 1. The summed E-state index contributed by atoms with van der Waals surface area (Å²) in [5, 5.41) is 2.15. The Kier molecular flexibility index (Phi) is 6.84. The molecule has 0 fully saturated rings. The Hall–Kier alpha value is -1.03. The molecule has 0 atom stereocenters. The van der Waals surface area contributed by atoms with Crippen LogP contribution in [0.25, 0.3) is 0 Å². The number of nitrogens with one attached hydrogen (secondary N) is 1. The van der Waals surface area contributed by atoms with Gasteiger partial charge in [0, 0.05) is 13.6 Å². The molecule has 3 amide bonds. The molecular formula is C9H15ClN2O2. The molecule has 0 aliphatic heterocycles. The molecule has 0 heterocycles. The van der Waals surface area contributed by atoms with Crippen LogP contribution in [0.4, 0.5) is 4.79 Å². The highest BCUT2D eigenvalue weighted by molar-refractivity contribution is 6.28. The maximum Gasteiger partial charge on any atom is 0.323 e. The number of amides is 3. The average Bonchev–Trinajstić information content (AvgIpc) is 2.17. The van der Waals surface area contributed by atoms with E-state index >= 15 is 0 Å². The quantitative estimate of drug-likeness (QED) is 0.430. The highest BCUT2D eigenvalue weighted by Crippen LogP contribution is 1.93. The fourth-order valence-electron chi connectivity index (χ4n) is 0.822. The largest absolute Gasteiger partial charge is 0.328 e. The summed E-state index contributed by atoms with van der Waals surface area (Å²) >= 11 is 5.23. The molecule has 0 saturated carbocycles. The minimum atomic E-state index is -0.479. The Morgan fingerprint density at radius 3 is 2.71 bits per heavy atom. The van der Waals surface area contributed by atoms with Gasteiger partial charge >= 0.3 is 6.03 Å². The summed E-state index contributed by atoms with van der Waals surface area (Å²) < 4.78 is 0. The van der Waals surface area contributed by atoms with Crippen molar-refractivity contribution >= 4 is 23.5 Å². The number of rotatable bonds is 5. The molecule has 0 unspecified atom stereocenters. The molecule has 5 heteroatoms. The molecular weight excluding hydrogens is 204 g/mol. The average molecular weight is 219 g/mol. The first-order valence-corrected chi connectivity index (χ1v) is 4.87. The molecule has 0 aromatic heterocycles. The number of carbonyl (C=O) groups excluding carboxylic acids is 2. The SMILES string of the molecule is C=CCCCN(C)C(=O)NC(=O)CCl. The number of allylic oxidation sites excluding steroid dienone is 1. The van der Waals surface area contributed by atoms with Crippen LogP contribution in [-0.4, -0.2) is 36.3 Å². The zero-order chi connectivity index (χ0) is 11.0. The van der Waals surface area contributed by atoms with Gasteiger partial charge in [0.25, 0.3) is 0 Å². The minimum absolute atomic E-state index is 0.202. The second-order valence-electron chi connectivity index (χ2n) is 2.84. The predicted molar refractivity (Wildman–Crippen MR) is 56.3 cm³/mol. The van der Waals surface area contributed by atoms with Crippen LogP contribution in [0.5, 0.6) is 0 Å². The van der Waals surface area contributed by atoms with Gasteiger partial charge in [-0.25, -0.2) is 4.79 Å². The van der Waals surface area contributed by atoms with Gasteiger partial charge in [0.1, 0.15) is 5.88 Å². The van der Waals surface area contributed by atoms with Gasteiger partial charge in [0.15, 0.2) is 0 Å². The van der Waals surface area contributed by atoms with Crippen LogP contribution < -0.4 is 5.32 Å². The molecule has 0 saturated heterocycles. The molecule has 0 spiro atoms.